The number of aromatic nitrogens is 8. The Kier molecular flexibility index (Phi) is 5.60. The molecule has 42 heavy (non-hydrogen) atoms. The third-order valence-electron chi connectivity index (χ3n) is 7.13. The van der Waals surface area contributed by atoms with Crippen molar-refractivity contribution in [3.63, 3.8) is 0 Å². The van der Waals surface area contributed by atoms with Crippen molar-refractivity contribution in [3.8, 4) is 45.0 Å². The van der Waals surface area contributed by atoms with Gasteiger partial charge in [0.25, 0.3) is 0 Å². The van der Waals surface area contributed by atoms with E-state index in [1.807, 2.05) is 72.8 Å². The van der Waals surface area contributed by atoms with Crippen molar-refractivity contribution in [1.29, 1.82) is 0 Å². The number of nitrogens with zero attached hydrogens (tertiary/aromatic N) is 8. The second-order valence-electron chi connectivity index (χ2n) is 9.73. The van der Waals surface area contributed by atoms with E-state index in [-0.39, 0.29) is 0 Å². The molecule has 0 aliphatic rings. The molecule has 0 N–H and O–H groups in total. The summed E-state index contributed by atoms with van der Waals surface area (Å²) in [5.74, 6) is 0. The highest BCUT2D eigenvalue weighted by atomic mass is 15.0. The molecule has 0 amide bonds. The minimum Gasteiger partial charge on any atom is -0.232 e. The molecule has 0 unspecified atom stereocenters. The molecule has 0 aliphatic heterocycles. The number of rotatable bonds is 4. The van der Waals surface area contributed by atoms with Crippen LogP contribution in [0.1, 0.15) is 0 Å². The van der Waals surface area contributed by atoms with E-state index in [0.717, 1.165) is 33.0 Å². The fraction of sp³-hybridized carbons (Fsp3) is 0. The van der Waals surface area contributed by atoms with Gasteiger partial charge in [-0.1, -0.05) is 84.9 Å². The van der Waals surface area contributed by atoms with E-state index in [1.165, 1.54) is 0 Å². The van der Waals surface area contributed by atoms with Crippen molar-refractivity contribution in [2.24, 2.45) is 0 Å². The Hall–Kier alpha value is -6.02. The van der Waals surface area contributed by atoms with Gasteiger partial charge in [-0.15, -0.1) is 0 Å². The second kappa shape index (κ2) is 9.87. The predicted molar refractivity (Wildman–Crippen MR) is 163 cm³/mol. The molecule has 0 saturated heterocycles. The van der Waals surface area contributed by atoms with Gasteiger partial charge in [-0.25, -0.2) is 39.9 Å². The highest BCUT2D eigenvalue weighted by molar-refractivity contribution is 6.01. The molecule has 4 aromatic heterocycles. The number of benzene rings is 4. The van der Waals surface area contributed by atoms with Crippen LogP contribution in [0.2, 0.25) is 0 Å². The van der Waals surface area contributed by atoms with E-state index < -0.39 is 0 Å². The summed E-state index contributed by atoms with van der Waals surface area (Å²) in [4.78, 5) is 38.0. The lowest BCUT2D eigenvalue weighted by molar-refractivity contribution is 1.16. The molecular formula is C34H20N8. The van der Waals surface area contributed by atoms with Gasteiger partial charge < -0.3 is 0 Å². The molecule has 196 valence electrons. The van der Waals surface area contributed by atoms with Crippen molar-refractivity contribution >= 4 is 33.4 Å². The van der Waals surface area contributed by atoms with Crippen LogP contribution in [-0.2, 0) is 0 Å². The normalized spacial score (nSPS) is 11.3. The van der Waals surface area contributed by atoms with Crippen LogP contribution in [-0.4, -0.2) is 39.9 Å². The Morgan fingerprint density at radius 3 is 1.05 bits per heavy atom. The summed E-state index contributed by atoms with van der Waals surface area (Å²) >= 11 is 0. The van der Waals surface area contributed by atoms with Crippen LogP contribution in [0.15, 0.2) is 122 Å². The minimum absolute atomic E-state index is 0.463. The summed E-state index contributed by atoms with van der Waals surface area (Å²) in [6, 6.07) is 32.5. The monoisotopic (exact) mass is 540 g/mol. The zero-order valence-corrected chi connectivity index (χ0v) is 22.1. The van der Waals surface area contributed by atoms with Crippen molar-refractivity contribution in [2.75, 3.05) is 0 Å². The van der Waals surface area contributed by atoms with E-state index >= 15 is 0 Å². The van der Waals surface area contributed by atoms with Gasteiger partial charge >= 0.3 is 0 Å². The molecule has 0 saturated carbocycles. The van der Waals surface area contributed by atoms with Crippen molar-refractivity contribution < 1.29 is 0 Å². The predicted octanol–water partition coefficient (Wildman–Crippen LogP) is 6.97. The average Bonchev–Trinajstić information content (AvgIpc) is 3.07. The van der Waals surface area contributed by atoms with Gasteiger partial charge in [0.2, 0.25) is 0 Å². The van der Waals surface area contributed by atoms with Crippen LogP contribution in [0, 0.1) is 0 Å². The second-order valence-corrected chi connectivity index (χ2v) is 9.73. The third kappa shape index (κ3) is 4.10. The summed E-state index contributed by atoms with van der Waals surface area (Å²) in [6.07, 6.45) is 6.52. The quantitative estimate of drug-likeness (QED) is 0.236. The highest BCUT2D eigenvalue weighted by Gasteiger charge is 2.23. The summed E-state index contributed by atoms with van der Waals surface area (Å²) < 4.78 is 0. The van der Waals surface area contributed by atoms with Gasteiger partial charge in [-0.3, -0.25) is 0 Å². The maximum absolute atomic E-state index is 5.07. The summed E-state index contributed by atoms with van der Waals surface area (Å²) in [5.41, 5.74) is 8.19. The van der Waals surface area contributed by atoms with Gasteiger partial charge in [0.05, 0.1) is 22.8 Å². The molecule has 0 spiro atoms. The Morgan fingerprint density at radius 2 is 0.667 bits per heavy atom. The number of hydrogen-bond donors (Lipinski definition) is 0. The molecule has 0 aliphatic carbocycles. The van der Waals surface area contributed by atoms with Crippen molar-refractivity contribution in [3.05, 3.63) is 122 Å². The largest absolute Gasteiger partial charge is 0.232 e. The Bertz CT molecular complexity index is 2090. The van der Waals surface area contributed by atoms with Crippen LogP contribution in [0.3, 0.4) is 0 Å². The van der Waals surface area contributed by atoms with E-state index in [4.69, 9.17) is 19.9 Å². The first-order chi connectivity index (χ1) is 20.8. The SMILES string of the molecule is c1ccc(-c2nc3nccnc3nc2-c2cc3ccccc3cc2-c2nc3nccnc3nc2-c2ccccc2)cc1. The lowest BCUT2D eigenvalue weighted by Gasteiger charge is -2.17. The van der Waals surface area contributed by atoms with E-state index in [0.29, 0.717) is 45.4 Å². The molecule has 0 atom stereocenters. The van der Waals surface area contributed by atoms with Crippen LogP contribution >= 0.6 is 0 Å². The molecule has 0 radical (unpaired) electrons. The lowest BCUT2D eigenvalue weighted by Crippen LogP contribution is -2.02. The first-order valence-corrected chi connectivity index (χ1v) is 13.4. The zero-order valence-electron chi connectivity index (χ0n) is 22.1. The van der Waals surface area contributed by atoms with E-state index in [2.05, 4.69) is 44.2 Å². The highest BCUT2D eigenvalue weighted by Crippen LogP contribution is 2.41. The van der Waals surface area contributed by atoms with E-state index in [9.17, 15) is 0 Å². The Morgan fingerprint density at radius 1 is 0.333 bits per heavy atom. The van der Waals surface area contributed by atoms with Gasteiger partial charge in [-0.2, -0.15) is 0 Å². The van der Waals surface area contributed by atoms with Crippen LogP contribution in [0.4, 0.5) is 0 Å². The summed E-state index contributed by atoms with van der Waals surface area (Å²) in [7, 11) is 0. The fourth-order valence-electron chi connectivity index (χ4n) is 5.20. The van der Waals surface area contributed by atoms with Gasteiger partial charge in [0.15, 0.2) is 22.6 Å². The maximum atomic E-state index is 5.07. The topological polar surface area (TPSA) is 103 Å². The Labute approximate surface area is 239 Å². The summed E-state index contributed by atoms with van der Waals surface area (Å²) in [5, 5.41) is 2.12. The number of hydrogen-bond acceptors (Lipinski definition) is 8. The first-order valence-electron chi connectivity index (χ1n) is 13.4. The molecule has 4 aromatic carbocycles. The van der Waals surface area contributed by atoms with Crippen LogP contribution in [0.5, 0.6) is 0 Å². The van der Waals surface area contributed by atoms with Crippen molar-refractivity contribution in [2.45, 2.75) is 0 Å². The zero-order chi connectivity index (χ0) is 27.9. The fourth-order valence-corrected chi connectivity index (χ4v) is 5.20. The smallest absolute Gasteiger partial charge is 0.198 e. The molecule has 0 bridgehead atoms. The molecule has 4 heterocycles. The average molecular weight is 541 g/mol. The van der Waals surface area contributed by atoms with Crippen LogP contribution < -0.4 is 0 Å². The summed E-state index contributed by atoms with van der Waals surface area (Å²) in [6.45, 7) is 0. The van der Waals surface area contributed by atoms with Gasteiger partial charge in [0, 0.05) is 47.0 Å². The first kappa shape index (κ1) is 23.8. The minimum atomic E-state index is 0.463. The molecule has 0 fully saturated rings. The molecule has 8 aromatic rings. The van der Waals surface area contributed by atoms with Gasteiger partial charge in [-0.05, 0) is 22.9 Å². The van der Waals surface area contributed by atoms with Crippen LogP contribution in [0.25, 0.3) is 78.4 Å². The molecule has 8 nitrogen and oxygen atoms in total. The Balaban J connectivity index is 1.51. The maximum Gasteiger partial charge on any atom is 0.198 e. The van der Waals surface area contributed by atoms with Gasteiger partial charge in [0.1, 0.15) is 0 Å². The standard InChI is InChI=1S/C34H20N8/c1-3-9-21(10-4-1)27-29(41-33-31(39-27)35-15-17-37-33)25-19-23-13-7-8-14-24(23)20-26(25)30-28(22-11-5-2-6-12-22)40-32-34(42-30)38-18-16-36-32/h1-20H. The lowest BCUT2D eigenvalue weighted by atomic mass is 9.92. The molecular weight excluding hydrogens is 520 g/mol. The molecule has 8 heteroatoms. The number of fused-ring (bicyclic) bond motifs is 3. The third-order valence-corrected chi connectivity index (χ3v) is 7.13. The van der Waals surface area contributed by atoms with Crippen molar-refractivity contribution in [1.82, 2.24) is 39.9 Å². The molecule has 8 rings (SSSR count). The van der Waals surface area contributed by atoms with E-state index in [1.54, 1.807) is 24.8 Å².